The number of aliphatic carboxylic acids is 2. The number of nitrogens with two attached hydrogens (primary N) is 2. The lowest BCUT2D eigenvalue weighted by molar-refractivity contribution is -0.140. The molecule has 2 amide bonds. The van der Waals surface area contributed by atoms with Crippen molar-refractivity contribution in [1.82, 2.24) is 9.13 Å². The maximum Gasteiger partial charge on any atom is 0.341 e. The molecule has 6 rings (SSSR count). The number of carbonyl (C=O) groups is 4. The zero-order valence-electron chi connectivity index (χ0n) is 32.6. The molecule has 16 nitrogen and oxygen atoms in total. The van der Waals surface area contributed by atoms with Crippen molar-refractivity contribution in [2.75, 3.05) is 20.3 Å². The van der Waals surface area contributed by atoms with Crippen LogP contribution in [0.3, 0.4) is 0 Å². The zero-order chi connectivity index (χ0) is 42.6. The maximum absolute atomic E-state index is 12.2. The van der Waals surface area contributed by atoms with Gasteiger partial charge in [-0.05, 0) is 48.2 Å². The van der Waals surface area contributed by atoms with Gasteiger partial charge in [0.05, 0.1) is 21.8 Å². The van der Waals surface area contributed by atoms with E-state index in [4.69, 9.17) is 36.0 Å². The molecular formula is C43H44N6O10. The van der Waals surface area contributed by atoms with Crippen molar-refractivity contribution >= 4 is 57.0 Å². The summed E-state index contributed by atoms with van der Waals surface area (Å²) in [6.45, 7) is 3.85. The molecule has 2 heterocycles. The monoisotopic (exact) mass is 804 g/mol. The van der Waals surface area contributed by atoms with E-state index < -0.39 is 37.0 Å². The average Bonchev–Trinajstić information content (AvgIpc) is 3.71. The van der Waals surface area contributed by atoms with E-state index in [-0.39, 0.29) is 17.2 Å². The second-order valence-electron chi connectivity index (χ2n) is 13.0. The summed E-state index contributed by atoms with van der Waals surface area (Å²) < 4.78 is 15.0. The molecule has 59 heavy (non-hydrogen) atoms. The molecule has 16 heteroatoms. The molecule has 0 spiro atoms. The number of carboxylic acids is 2. The molecule has 306 valence electrons. The minimum absolute atomic E-state index is 0.0439. The highest BCUT2D eigenvalue weighted by Crippen LogP contribution is 2.37. The molecule has 6 aromatic rings. The summed E-state index contributed by atoms with van der Waals surface area (Å²) in [6.07, 6.45) is 1.09. The largest absolute Gasteiger partial charge is 0.481 e. The first-order valence-corrected chi connectivity index (χ1v) is 18.4. The van der Waals surface area contributed by atoms with Crippen LogP contribution < -0.4 is 20.9 Å². The highest BCUT2D eigenvalue weighted by Gasteiger charge is 2.28. The molecule has 7 N–H and O–H groups in total. The fraction of sp³-hybridized carbons (Fsp3) is 0.209. The third-order valence-electron chi connectivity index (χ3n) is 9.28. The van der Waals surface area contributed by atoms with Crippen molar-refractivity contribution < 1.29 is 48.9 Å². The summed E-state index contributed by atoms with van der Waals surface area (Å²) in [5.74, 6) is -3.28. The van der Waals surface area contributed by atoms with Gasteiger partial charge in [0, 0.05) is 35.6 Å². The fourth-order valence-corrected chi connectivity index (χ4v) is 7.03. The van der Waals surface area contributed by atoms with Crippen LogP contribution in [0.4, 0.5) is 0 Å². The van der Waals surface area contributed by atoms with Crippen LogP contribution >= 0.6 is 0 Å². The summed E-state index contributed by atoms with van der Waals surface area (Å²) in [7, 11) is 1.33. The normalized spacial score (nSPS) is 11.5. The van der Waals surface area contributed by atoms with Crippen molar-refractivity contribution in [2.24, 2.45) is 21.8 Å². The lowest BCUT2D eigenvalue weighted by Gasteiger charge is -2.11. The Kier molecular flexibility index (Phi) is 14.1. The Morgan fingerprint density at radius 3 is 1.36 bits per heavy atom. The lowest BCUT2D eigenvalue weighted by atomic mass is 10.0. The van der Waals surface area contributed by atoms with Crippen molar-refractivity contribution in [3.8, 4) is 11.5 Å². The number of carbonyl (C=O) groups excluding carboxylic acids is 2. The van der Waals surface area contributed by atoms with Crippen LogP contribution in [-0.2, 0) is 49.9 Å². The molecular weight excluding hydrogens is 761 g/mol. The van der Waals surface area contributed by atoms with Gasteiger partial charge in [-0.3, -0.25) is 9.59 Å². The first-order chi connectivity index (χ1) is 28.4. The predicted molar refractivity (Wildman–Crippen MR) is 220 cm³/mol. The van der Waals surface area contributed by atoms with E-state index in [1.807, 2.05) is 91.2 Å². The fourth-order valence-electron chi connectivity index (χ4n) is 7.03. The van der Waals surface area contributed by atoms with Gasteiger partial charge in [0.1, 0.15) is 18.6 Å². The standard InChI is InChI=1S/C22H23N3O5.C21H21N3O5/c1-3-15-20(21(22(23)28)24-29-2)19-16(10-7-11-17(19)30-13-18(26)27)25(15)12-14-8-5-4-6-9-14;1-2-14-19(20(23-28)21(22)27)18-15(9-6-10-16(18)29-12-17(25)26)24(14)11-13-7-4-3-5-8-13/h4-11H,3,12-13H2,1-2H3,(H2,23,28)(H,26,27);3-10,28H,2,11-12H2,1H3,(H2,22,27)(H,25,26)/b24-21-;. The molecule has 0 aliphatic carbocycles. The molecule has 0 fully saturated rings. The second-order valence-corrected chi connectivity index (χ2v) is 13.0. The topological polar surface area (TPSA) is 243 Å². The average molecular weight is 805 g/mol. The van der Waals surface area contributed by atoms with Crippen molar-refractivity contribution in [2.45, 2.75) is 39.8 Å². The van der Waals surface area contributed by atoms with Crippen LogP contribution in [0.5, 0.6) is 11.5 Å². The third kappa shape index (κ3) is 9.51. The summed E-state index contributed by atoms with van der Waals surface area (Å²) >= 11 is 0. The molecule has 0 radical (unpaired) electrons. The number of rotatable bonds is 17. The number of primary amides is 2. The molecule has 0 saturated carbocycles. The second kappa shape index (κ2) is 19.5. The highest BCUT2D eigenvalue weighted by molar-refractivity contribution is 6.48. The van der Waals surface area contributed by atoms with E-state index in [0.717, 1.165) is 28.0 Å². The zero-order valence-corrected chi connectivity index (χ0v) is 32.6. The van der Waals surface area contributed by atoms with Crippen LogP contribution in [0.1, 0.15) is 47.5 Å². The Balaban J connectivity index is 0.000000224. The number of nitrogens with zero attached hydrogens (tertiary/aromatic N) is 4. The first kappa shape index (κ1) is 42.5. The summed E-state index contributed by atoms with van der Waals surface area (Å²) in [5, 5.41) is 35.6. The van der Waals surface area contributed by atoms with E-state index in [1.165, 1.54) is 7.11 Å². The molecule has 0 atom stereocenters. The van der Waals surface area contributed by atoms with Gasteiger partial charge in [-0.15, -0.1) is 0 Å². The number of fused-ring (bicyclic) bond motifs is 2. The van der Waals surface area contributed by atoms with Gasteiger partial charge in [-0.2, -0.15) is 0 Å². The van der Waals surface area contributed by atoms with Gasteiger partial charge in [0.25, 0.3) is 11.8 Å². The Labute approximate surface area is 338 Å². The SMILES string of the molecule is CCc1c(/C(=N/OC)C(N)=O)c2c(OCC(=O)O)cccc2n1Cc1ccccc1.CCc1c(C(=NO)C(N)=O)c2c(OCC(=O)O)cccc2n1Cc1ccccc1. The first-order valence-electron chi connectivity index (χ1n) is 18.4. The molecule has 0 unspecified atom stereocenters. The number of ether oxygens (including phenoxy) is 2. The Hall–Kier alpha value is -7.62. The van der Waals surface area contributed by atoms with Crippen molar-refractivity contribution in [1.29, 1.82) is 0 Å². The number of benzene rings is 4. The van der Waals surface area contributed by atoms with Gasteiger partial charge in [0.15, 0.2) is 24.6 Å². The molecule has 0 bridgehead atoms. The van der Waals surface area contributed by atoms with E-state index in [0.29, 0.717) is 59.1 Å². The summed E-state index contributed by atoms with van der Waals surface area (Å²) in [5.41, 5.74) is 16.7. The minimum Gasteiger partial charge on any atom is -0.481 e. The Morgan fingerprint density at radius 1 is 0.610 bits per heavy atom. The molecule has 0 saturated heterocycles. The van der Waals surface area contributed by atoms with Crippen LogP contribution in [0, 0.1) is 0 Å². The van der Waals surface area contributed by atoms with Gasteiger partial charge in [-0.25, -0.2) is 9.59 Å². The molecule has 0 aliphatic rings. The number of oxime groups is 2. The predicted octanol–water partition coefficient (Wildman–Crippen LogP) is 4.93. The van der Waals surface area contributed by atoms with E-state index >= 15 is 0 Å². The van der Waals surface area contributed by atoms with E-state index in [2.05, 4.69) is 14.9 Å². The number of hydrogen-bond acceptors (Lipinski definition) is 10. The number of amides is 2. The Morgan fingerprint density at radius 2 is 1.02 bits per heavy atom. The Bertz CT molecular complexity index is 2540. The number of aromatic nitrogens is 2. The minimum atomic E-state index is -1.13. The maximum atomic E-state index is 12.2. The van der Waals surface area contributed by atoms with Crippen molar-refractivity contribution in [3.05, 3.63) is 131 Å². The van der Waals surface area contributed by atoms with Crippen LogP contribution in [0.2, 0.25) is 0 Å². The lowest BCUT2D eigenvalue weighted by Crippen LogP contribution is -2.26. The van der Waals surface area contributed by atoms with Crippen LogP contribution in [0.15, 0.2) is 107 Å². The summed E-state index contributed by atoms with van der Waals surface area (Å²) in [6, 6.07) is 30.1. The van der Waals surface area contributed by atoms with Gasteiger partial charge >= 0.3 is 11.9 Å². The van der Waals surface area contributed by atoms with E-state index in [1.54, 1.807) is 24.3 Å². The van der Waals surface area contributed by atoms with Crippen LogP contribution in [0.25, 0.3) is 21.8 Å². The van der Waals surface area contributed by atoms with Gasteiger partial charge in [-0.1, -0.05) is 97.0 Å². The van der Waals surface area contributed by atoms with E-state index in [9.17, 15) is 24.4 Å². The summed E-state index contributed by atoms with van der Waals surface area (Å²) in [4.78, 5) is 51.1. The molecule has 0 aliphatic heterocycles. The number of hydrogen-bond donors (Lipinski definition) is 5. The molecule has 2 aromatic heterocycles. The van der Waals surface area contributed by atoms with Crippen molar-refractivity contribution in [3.63, 3.8) is 0 Å². The number of carboxylic acid groups (broad SMARTS) is 2. The highest BCUT2D eigenvalue weighted by atomic mass is 16.6. The smallest absolute Gasteiger partial charge is 0.341 e. The van der Waals surface area contributed by atoms with Gasteiger partial charge < -0.3 is 50.3 Å². The quantitative estimate of drug-likeness (QED) is 0.0473. The van der Waals surface area contributed by atoms with Crippen LogP contribution in [-0.4, -0.2) is 80.1 Å². The third-order valence-corrected chi connectivity index (χ3v) is 9.28. The van der Waals surface area contributed by atoms with Gasteiger partial charge in [0.2, 0.25) is 0 Å². The molecule has 4 aromatic carbocycles.